The van der Waals surface area contributed by atoms with Gasteiger partial charge < -0.3 is 20.6 Å². The predicted octanol–water partition coefficient (Wildman–Crippen LogP) is 6.38. The zero-order valence-corrected chi connectivity index (χ0v) is 21.5. The van der Waals surface area contributed by atoms with Crippen molar-refractivity contribution < 1.29 is 9.90 Å². The Morgan fingerprint density at radius 2 is 1.89 bits per heavy atom. The highest BCUT2D eigenvalue weighted by molar-refractivity contribution is 6.09. The van der Waals surface area contributed by atoms with Crippen LogP contribution in [0.5, 0.6) is 5.75 Å². The number of benzene rings is 2. The van der Waals surface area contributed by atoms with Crippen LogP contribution < -0.4 is 10.6 Å². The number of ketones is 1. The monoisotopic (exact) mass is 484 g/mol. The molecule has 0 aliphatic carbocycles. The van der Waals surface area contributed by atoms with Crippen molar-refractivity contribution in [1.82, 2.24) is 9.88 Å². The number of likely N-dealkylation sites (tertiary alicyclic amines) is 1. The van der Waals surface area contributed by atoms with Gasteiger partial charge in [-0.15, -0.1) is 0 Å². The number of nitrogens with one attached hydrogen (secondary N) is 2. The fraction of sp³-hybridized carbons (Fsp3) is 0.400. The maximum absolute atomic E-state index is 13.5. The molecule has 0 bridgehead atoms. The second-order valence-corrected chi connectivity index (χ2v) is 11.1. The van der Waals surface area contributed by atoms with E-state index in [2.05, 4.69) is 52.6 Å². The van der Waals surface area contributed by atoms with Gasteiger partial charge in [0.2, 0.25) is 0 Å². The van der Waals surface area contributed by atoms with Crippen LogP contribution >= 0.6 is 0 Å². The predicted molar refractivity (Wildman–Crippen MR) is 146 cm³/mol. The molecule has 3 heterocycles. The quantitative estimate of drug-likeness (QED) is 0.361. The Balaban J connectivity index is 1.34. The Labute approximate surface area is 213 Å². The highest BCUT2D eigenvalue weighted by Gasteiger charge is 2.26. The summed E-state index contributed by atoms with van der Waals surface area (Å²) in [5, 5.41) is 16.7. The number of fused-ring (bicyclic) bond motifs is 2. The third-order valence-corrected chi connectivity index (χ3v) is 7.43. The van der Waals surface area contributed by atoms with E-state index in [0.29, 0.717) is 23.5 Å². The molecule has 188 valence electrons. The van der Waals surface area contributed by atoms with Crippen LogP contribution in [0.25, 0.3) is 0 Å². The van der Waals surface area contributed by atoms with E-state index in [1.807, 2.05) is 19.1 Å². The number of carbonyl (C=O) groups excluding carboxylic acids is 1. The molecule has 0 atom stereocenters. The molecular formula is C30H36N4O2. The average molecular weight is 485 g/mol. The fourth-order valence-corrected chi connectivity index (χ4v) is 5.40. The standard InChI is InChI=1S/C30H36N4O2/c1-20-6-8-23(35)18-26(20)32-25-11-13-31-29-28(25)27(36)17-22-16-21(7-9-24(22)33-29)10-12-30(2,3)19-34-14-4-5-15-34/h6-9,11,13,16,18,35H,4-5,10,12,14-15,17,19H2,1-3H3,(H2,31,32,33). The molecule has 36 heavy (non-hydrogen) atoms. The molecule has 1 aromatic heterocycles. The first-order valence-corrected chi connectivity index (χ1v) is 13.0. The maximum Gasteiger partial charge on any atom is 0.173 e. The first kappa shape index (κ1) is 24.3. The van der Waals surface area contributed by atoms with Crippen LogP contribution in [-0.4, -0.2) is 40.4 Å². The highest BCUT2D eigenvalue weighted by Crippen LogP contribution is 2.36. The number of aromatic nitrogens is 1. The van der Waals surface area contributed by atoms with Gasteiger partial charge in [0.25, 0.3) is 0 Å². The number of hydrogen-bond donors (Lipinski definition) is 3. The van der Waals surface area contributed by atoms with Crippen molar-refractivity contribution in [2.24, 2.45) is 5.41 Å². The number of nitrogens with zero attached hydrogens (tertiary/aromatic N) is 2. The summed E-state index contributed by atoms with van der Waals surface area (Å²) in [4.78, 5) is 20.6. The Morgan fingerprint density at radius 1 is 1.08 bits per heavy atom. The van der Waals surface area contributed by atoms with Crippen molar-refractivity contribution in [2.75, 3.05) is 30.3 Å². The number of phenolic OH excluding ortho intramolecular Hbond substituents is 1. The smallest absolute Gasteiger partial charge is 0.173 e. The number of pyridine rings is 1. The molecule has 6 heteroatoms. The lowest BCUT2D eigenvalue weighted by molar-refractivity contribution is 0.0995. The SMILES string of the molecule is Cc1ccc(O)cc1Nc1ccnc2c1C(=O)Cc1cc(CCC(C)(C)CN3CCCC3)ccc1N2. The number of Topliss-reactive ketones (excluding diaryl/α,β-unsaturated/α-hetero) is 1. The first-order valence-electron chi connectivity index (χ1n) is 13.0. The number of carbonyl (C=O) groups is 1. The van der Waals surface area contributed by atoms with Gasteiger partial charge in [-0.1, -0.05) is 32.0 Å². The Morgan fingerprint density at radius 3 is 2.69 bits per heavy atom. The Hall–Kier alpha value is -3.38. The summed E-state index contributed by atoms with van der Waals surface area (Å²) in [5.74, 6) is 0.758. The number of rotatable bonds is 7. The number of anilines is 4. The normalized spacial score (nSPS) is 15.7. The van der Waals surface area contributed by atoms with Crippen molar-refractivity contribution in [3.8, 4) is 5.75 Å². The summed E-state index contributed by atoms with van der Waals surface area (Å²) in [6.07, 6.45) is 6.77. The molecule has 2 aliphatic rings. The van der Waals surface area contributed by atoms with E-state index in [1.54, 1.807) is 18.3 Å². The number of phenols is 1. The topological polar surface area (TPSA) is 77.5 Å². The van der Waals surface area contributed by atoms with Crippen LogP contribution in [0.15, 0.2) is 48.7 Å². The largest absolute Gasteiger partial charge is 0.508 e. The minimum atomic E-state index is 0.0242. The molecule has 2 aliphatic heterocycles. The van der Waals surface area contributed by atoms with Crippen LogP contribution in [0.3, 0.4) is 0 Å². The summed E-state index contributed by atoms with van der Waals surface area (Å²) in [6.45, 7) is 10.3. The van der Waals surface area contributed by atoms with E-state index in [-0.39, 0.29) is 16.9 Å². The van der Waals surface area contributed by atoms with E-state index in [9.17, 15) is 9.90 Å². The highest BCUT2D eigenvalue weighted by atomic mass is 16.3. The van der Waals surface area contributed by atoms with Gasteiger partial charge in [0.05, 0.1) is 11.3 Å². The summed E-state index contributed by atoms with van der Waals surface area (Å²) in [6, 6.07) is 13.4. The zero-order chi connectivity index (χ0) is 25.3. The number of hydrogen-bond acceptors (Lipinski definition) is 6. The fourth-order valence-electron chi connectivity index (χ4n) is 5.40. The minimum Gasteiger partial charge on any atom is -0.508 e. The van der Waals surface area contributed by atoms with Crippen LogP contribution in [0.1, 0.15) is 60.2 Å². The van der Waals surface area contributed by atoms with Crippen LogP contribution in [-0.2, 0) is 12.8 Å². The van der Waals surface area contributed by atoms with E-state index in [0.717, 1.165) is 41.9 Å². The Kier molecular flexibility index (Phi) is 6.71. The van der Waals surface area contributed by atoms with Gasteiger partial charge in [-0.25, -0.2) is 4.98 Å². The first-order chi connectivity index (χ1) is 17.3. The summed E-state index contributed by atoms with van der Waals surface area (Å²) in [5.41, 5.74) is 6.44. The molecule has 1 fully saturated rings. The van der Waals surface area contributed by atoms with Crippen LogP contribution in [0.2, 0.25) is 0 Å². The van der Waals surface area contributed by atoms with Gasteiger partial charge >= 0.3 is 0 Å². The molecule has 3 N–H and O–H groups in total. The summed E-state index contributed by atoms with van der Waals surface area (Å²) >= 11 is 0. The van der Waals surface area contributed by atoms with Gasteiger partial charge in [-0.2, -0.15) is 0 Å². The van der Waals surface area contributed by atoms with Crippen molar-refractivity contribution in [2.45, 2.75) is 52.9 Å². The van der Waals surface area contributed by atoms with E-state index < -0.39 is 0 Å². The summed E-state index contributed by atoms with van der Waals surface area (Å²) in [7, 11) is 0. The third-order valence-electron chi connectivity index (χ3n) is 7.43. The van der Waals surface area contributed by atoms with Crippen molar-refractivity contribution in [3.63, 3.8) is 0 Å². The molecule has 3 aromatic rings. The molecule has 0 radical (unpaired) electrons. The van der Waals surface area contributed by atoms with Crippen molar-refractivity contribution in [1.29, 1.82) is 0 Å². The lowest BCUT2D eigenvalue weighted by Crippen LogP contribution is -2.32. The molecule has 0 saturated carbocycles. The molecule has 5 rings (SSSR count). The second-order valence-electron chi connectivity index (χ2n) is 11.1. The van der Waals surface area contributed by atoms with E-state index >= 15 is 0 Å². The molecular weight excluding hydrogens is 448 g/mol. The minimum absolute atomic E-state index is 0.0242. The van der Waals surface area contributed by atoms with Crippen LogP contribution in [0.4, 0.5) is 22.9 Å². The molecule has 6 nitrogen and oxygen atoms in total. The van der Waals surface area contributed by atoms with Crippen molar-refractivity contribution >= 4 is 28.7 Å². The second kappa shape index (κ2) is 9.94. The molecule has 0 amide bonds. The van der Waals surface area contributed by atoms with E-state index in [1.165, 1.54) is 31.5 Å². The molecule has 0 unspecified atom stereocenters. The third kappa shape index (κ3) is 5.39. The molecule has 2 aromatic carbocycles. The molecule has 0 spiro atoms. The number of aromatic hydroxyl groups is 1. The summed E-state index contributed by atoms with van der Waals surface area (Å²) < 4.78 is 0. The lowest BCUT2D eigenvalue weighted by atomic mass is 9.85. The van der Waals surface area contributed by atoms with Gasteiger partial charge in [-0.3, -0.25) is 4.79 Å². The van der Waals surface area contributed by atoms with E-state index in [4.69, 9.17) is 0 Å². The Bertz CT molecular complexity index is 1280. The van der Waals surface area contributed by atoms with Crippen molar-refractivity contribution in [3.05, 3.63) is 70.9 Å². The van der Waals surface area contributed by atoms with Gasteiger partial charge in [0.15, 0.2) is 5.78 Å². The zero-order valence-electron chi connectivity index (χ0n) is 21.5. The maximum atomic E-state index is 13.5. The van der Waals surface area contributed by atoms with Gasteiger partial charge in [-0.05, 0) is 86.0 Å². The average Bonchev–Trinajstić information content (AvgIpc) is 3.28. The molecule has 1 saturated heterocycles. The van der Waals surface area contributed by atoms with Crippen LogP contribution in [0, 0.1) is 12.3 Å². The number of aryl methyl sites for hydroxylation is 2. The van der Waals surface area contributed by atoms with Gasteiger partial charge in [0.1, 0.15) is 11.6 Å². The van der Waals surface area contributed by atoms with Gasteiger partial charge in [0, 0.05) is 36.6 Å². The lowest BCUT2D eigenvalue weighted by Gasteiger charge is -2.30.